The Balaban J connectivity index is 2.66. The van der Waals surface area contributed by atoms with Crippen LogP contribution in [0.3, 0.4) is 0 Å². The average molecular weight is 219 g/mol. The Labute approximate surface area is 95.9 Å². The van der Waals surface area contributed by atoms with Crippen LogP contribution in [0.5, 0.6) is 0 Å². The summed E-state index contributed by atoms with van der Waals surface area (Å²) in [6.07, 6.45) is 5.19. The van der Waals surface area contributed by atoms with Crippen molar-refractivity contribution in [2.75, 3.05) is 6.61 Å². The number of esters is 1. The number of carbonyl (C=O) groups is 1. The standard InChI is InChI=1S/C13H17NO2/c1-2-16-13(15)12-8-5-7-11(10-12)6-3-4-9-14/h4-5,7-10H,2-3,6,14H2,1H3. The Bertz CT molecular complexity index is 372. The Morgan fingerprint density at radius 1 is 1.50 bits per heavy atom. The molecule has 1 aromatic carbocycles. The summed E-state index contributed by atoms with van der Waals surface area (Å²) in [6.45, 7) is 2.20. The van der Waals surface area contributed by atoms with Crippen LogP contribution in [0.25, 0.3) is 0 Å². The highest BCUT2D eigenvalue weighted by Crippen LogP contribution is 2.09. The molecule has 3 nitrogen and oxygen atoms in total. The quantitative estimate of drug-likeness (QED) is 0.773. The molecule has 0 amide bonds. The number of rotatable bonds is 5. The molecular weight excluding hydrogens is 202 g/mol. The third-order valence-corrected chi connectivity index (χ3v) is 2.17. The van der Waals surface area contributed by atoms with Gasteiger partial charge in [0.25, 0.3) is 0 Å². The normalized spacial score (nSPS) is 10.6. The maximum atomic E-state index is 11.5. The summed E-state index contributed by atoms with van der Waals surface area (Å²) < 4.78 is 4.94. The molecule has 16 heavy (non-hydrogen) atoms. The van der Waals surface area contributed by atoms with E-state index in [2.05, 4.69) is 0 Å². The number of carbonyl (C=O) groups excluding carboxylic acids is 1. The average Bonchev–Trinajstić information content (AvgIpc) is 2.30. The van der Waals surface area contributed by atoms with Gasteiger partial charge in [-0.2, -0.15) is 0 Å². The van der Waals surface area contributed by atoms with E-state index in [1.807, 2.05) is 24.3 Å². The first kappa shape index (κ1) is 12.3. The van der Waals surface area contributed by atoms with Crippen LogP contribution >= 0.6 is 0 Å². The topological polar surface area (TPSA) is 52.3 Å². The fourth-order valence-corrected chi connectivity index (χ4v) is 1.41. The number of aryl methyl sites for hydroxylation is 1. The summed E-state index contributed by atoms with van der Waals surface area (Å²) in [7, 11) is 0. The molecule has 1 aromatic rings. The lowest BCUT2D eigenvalue weighted by molar-refractivity contribution is 0.0526. The highest BCUT2D eigenvalue weighted by Gasteiger charge is 2.05. The molecule has 0 heterocycles. The summed E-state index contributed by atoms with van der Waals surface area (Å²) >= 11 is 0. The zero-order valence-electron chi connectivity index (χ0n) is 9.48. The van der Waals surface area contributed by atoms with Crippen LogP contribution in [-0.2, 0) is 11.2 Å². The maximum absolute atomic E-state index is 11.5. The summed E-state index contributed by atoms with van der Waals surface area (Å²) in [6, 6.07) is 7.49. The zero-order valence-corrected chi connectivity index (χ0v) is 9.48. The van der Waals surface area contributed by atoms with Crippen LogP contribution in [0.2, 0.25) is 0 Å². The van der Waals surface area contributed by atoms with Gasteiger partial charge in [-0.15, -0.1) is 0 Å². The van der Waals surface area contributed by atoms with Crippen LogP contribution in [-0.4, -0.2) is 12.6 Å². The van der Waals surface area contributed by atoms with Crippen LogP contribution in [0, 0.1) is 0 Å². The van der Waals surface area contributed by atoms with E-state index in [-0.39, 0.29) is 5.97 Å². The molecular formula is C13H17NO2. The molecule has 0 aromatic heterocycles. The Kier molecular flexibility index (Phi) is 5.12. The van der Waals surface area contributed by atoms with Crippen molar-refractivity contribution in [1.82, 2.24) is 0 Å². The van der Waals surface area contributed by atoms with E-state index in [1.54, 1.807) is 13.0 Å². The van der Waals surface area contributed by atoms with E-state index in [0.29, 0.717) is 12.2 Å². The molecule has 0 bridgehead atoms. The fraction of sp³-hybridized carbons (Fsp3) is 0.308. The van der Waals surface area contributed by atoms with Gasteiger partial charge >= 0.3 is 5.97 Å². The maximum Gasteiger partial charge on any atom is 0.338 e. The monoisotopic (exact) mass is 219 g/mol. The Morgan fingerprint density at radius 3 is 3.00 bits per heavy atom. The lowest BCUT2D eigenvalue weighted by Gasteiger charge is -2.04. The van der Waals surface area contributed by atoms with Gasteiger partial charge in [-0.1, -0.05) is 18.2 Å². The van der Waals surface area contributed by atoms with Crippen molar-refractivity contribution in [2.45, 2.75) is 19.8 Å². The van der Waals surface area contributed by atoms with Crippen molar-refractivity contribution in [3.63, 3.8) is 0 Å². The minimum atomic E-state index is -0.265. The fourth-order valence-electron chi connectivity index (χ4n) is 1.41. The summed E-state index contributed by atoms with van der Waals surface area (Å²) in [5, 5.41) is 0. The van der Waals surface area contributed by atoms with Crippen LogP contribution in [0.1, 0.15) is 29.3 Å². The molecule has 3 heteroatoms. The van der Waals surface area contributed by atoms with E-state index in [1.165, 1.54) is 6.20 Å². The Hall–Kier alpha value is -1.77. The molecule has 0 fully saturated rings. The van der Waals surface area contributed by atoms with Gasteiger partial charge in [-0.05, 0) is 43.7 Å². The van der Waals surface area contributed by atoms with Crippen molar-refractivity contribution in [2.24, 2.45) is 5.73 Å². The predicted octanol–water partition coefficient (Wildman–Crippen LogP) is 2.27. The summed E-state index contributed by atoms with van der Waals surface area (Å²) in [4.78, 5) is 11.5. The molecule has 0 aliphatic carbocycles. The number of benzene rings is 1. The van der Waals surface area contributed by atoms with Gasteiger partial charge in [0.05, 0.1) is 12.2 Å². The van der Waals surface area contributed by atoms with Crippen LogP contribution in [0.4, 0.5) is 0 Å². The van der Waals surface area contributed by atoms with E-state index in [4.69, 9.17) is 10.5 Å². The highest BCUT2D eigenvalue weighted by atomic mass is 16.5. The van der Waals surface area contributed by atoms with Crippen molar-refractivity contribution in [3.8, 4) is 0 Å². The lowest BCUT2D eigenvalue weighted by atomic mass is 10.1. The summed E-state index contributed by atoms with van der Waals surface area (Å²) in [5.41, 5.74) is 6.98. The molecule has 0 saturated carbocycles. The number of ether oxygens (including phenoxy) is 1. The Morgan fingerprint density at radius 2 is 2.31 bits per heavy atom. The second-order valence-corrected chi connectivity index (χ2v) is 3.39. The zero-order chi connectivity index (χ0) is 11.8. The van der Waals surface area contributed by atoms with E-state index in [9.17, 15) is 4.79 Å². The lowest BCUT2D eigenvalue weighted by Crippen LogP contribution is -2.04. The van der Waals surface area contributed by atoms with Crippen molar-refractivity contribution in [3.05, 3.63) is 47.7 Å². The highest BCUT2D eigenvalue weighted by molar-refractivity contribution is 5.89. The van der Waals surface area contributed by atoms with Gasteiger partial charge in [-0.25, -0.2) is 4.79 Å². The molecule has 0 atom stereocenters. The van der Waals surface area contributed by atoms with E-state index >= 15 is 0 Å². The van der Waals surface area contributed by atoms with Gasteiger partial charge in [0, 0.05) is 0 Å². The minimum Gasteiger partial charge on any atom is -0.462 e. The second-order valence-electron chi connectivity index (χ2n) is 3.39. The predicted molar refractivity (Wildman–Crippen MR) is 64.0 cm³/mol. The van der Waals surface area contributed by atoms with Crippen LogP contribution in [0.15, 0.2) is 36.5 Å². The third-order valence-electron chi connectivity index (χ3n) is 2.17. The van der Waals surface area contributed by atoms with Gasteiger partial charge in [0.15, 0.2) is 0 Å². The molecule has 0 saturated heterocycles. The number of hydrogen-bond donors (Lipinski definition) is 1. The van der Waals surface area contributed by atoms with E-state index < -0.39 is 0 Å². The third kappa shape index (κ3) is 3.77. The van der Waals surface area contributed by atoms with Gasteiger partial charge < -0.3 is 10.5 Å². The SMILES string of the molecule is CCOC(=O)c1cccc(CCC=CN)c1. The first-order chi connectivity index (χ1) is 7.77. The second kappa shape index (κ2) is 6.67. The van der Waals surface area contributed by atoms with Crippen molar-refractivity contribution < 1.29 is 9.53 Å². The molecule has 0 aliphatic heterocycles. The molecule has 86 valence electrons. The molecule has 0 unspecified atom stereocenters. The molecule has 1 rings (SSSR count). The number of allylic oxidation sites excluding steroid dienone is 1. The van der Waals surface area contributed by atoms with Gasteiger partial charge in [-0.3, -0.25) is 0 Å². The molecule has 2 N–H and O–H groups in total. The first-order valence-electron chi connectivity index (χ1n) is 5.40. The van der Waals surface area contributed by atoms with Crippen molar-refractivity contribution in [1.29, 1.82) is 0 Å². The number of hydrogen-bond acceptors (Lipinski definition) is 3. The van der Waals surface area contributed by atoms with Crippen LogP contribution < -0.4 is 5.73 Å². The molecule has 0 radical (unpaired) electrons. The minimum absolute atomic E-state index is 0.265. The molecule has 0 spiro atoms. The number of nitrogens with two attached hydrogens (primary N) is 1. The van der Waals surface area contributed by atoms with Gasteiger partial charge in [0.1, 0.15) is 0 Å². The summed E-state index contributed by atoms with van der Waals surface area (Å²) in [5.74, 6) is -0.265. The first-order valence-corrected chi connectivity index (χ1v) is 5.40. The van der Waals surface area contributed by atoms with E-state index in [0.717, 1.165) is 18.4 Å². The van der Waals surface area contributed by atoms with Crippen molar-refractivity contribution >= 4 is 5.97 Å². The molecule has 0 aliphatic rings. The largest absolute Gasteiger partial charge is 0.462 e. The van der Waals surface area contributed by atoms with Gasteiger partial charge in [0.2, 0.25) is 0 Å². The smallest absolute Gasteiger partial charge is 0.338 e.